The zero-order chi connectivity index (χ0) is 12.8. The highest BCUT2D eigenvalue weighted by Crippen LogP contribution is 2.38. The van der Waals surface area contributed by atoms with Crippen molar-refractivity contribution in [2.24, 2.45) is 0 Å². The highest BCUT2D eigenvalue weighted by Gasteiger charge is 2.43. The van der Waals surface area contributed by atoms with Gasteiger partial charge < -0.3 is 15.3 Å². The van der Waals surface area contributed by atoms with Gasteiger partial charge >= 0.3 is 0 Å². The average Bonchev–Trinajstić information content (AvgIpc) is 2.40. The molecule has 1 aromatic carbocycles. The van der Waals surface area contributed by atoms with Crippen LogP contribution in [0.5, 0.6) is 0 Å². The third-order valence-electron chi connectivity index (χ3n) is 4.28. The maximum absolute atomic E-state index is 12.2. The van der Waals surface area contributed by atoms with E-state index in [9.17, 15) is 9.90 Å². The Kier molecular flexibility index (Phi) is 2.55. The molecule has 1 aliphatic carbocycles. The van der Waals surface area contributed by atoms with Crippen molar-refractivity contribution < 1.29 is 9.90 Å². The molecule has 96 valence electrons. The number of para-hydroxylation sites is 1. The zero-order valence-electron chi connectivity index (χ0n) is 10.5. The van der Waals surface area contributed by atoms with Crippen molar-refractivity contribution in [3.8, 4) is 0 Å². The van der Waals surface area contributed by atoms with Crippen molar-refractivity contribution in [3.63, 3.8) is 0 Å². The Morgan fingerprint density at radius 1 is 1.33 bits per heavy atom. The van der Waals surface area contributed by atoms with Crippen molar-refractivity contribution in [3.05, 3.63) is 29.8 Å². The molecule has 0 atom stereocenters. The van der Waals surface area contributed by atoms with Gasteiger partial charge in [0.15, 0.2) is 0 Å². The summed E-state index contributed by atoms with van der Waals surface area (Å²) in [5.74, 6) is 0.0000831. The van der Waals surface area contributed by atoms with Crippen molar-refractivity contribution >= 4 is 11.6 Å². The van der Waals surface area contributed by atoms with Gasteiger partial charge in [-0.15, -0.1) is 0 Å². The topological polar surface area (TPSA) is 52.6 Å². The van der Waals surface area contributed by atoms with Crippen molar-refractivity contribution in [2.75, 3.05) is 11.9 Å². The van der Waals surface area contributed by atoms with Crippen LogP contribution in [0.15, 0.2) is 24.3 Å². The molecule has 0 radical (unpaired) electrons. The Morgan fingerprint density at radius 3 is 2.72 bits per heavy atom. The summed E-state index contributed by atoms with van der Waals surface area (Å²) >= 11 is 0. The summed E-state index contributed by atoms with van der Waals surface area (Å²) in [5.41, 5.74) is 1.40. The first-order chi connectivity index (χ1) is 8.62. The number of amides is 1. The summed E-state index contributed by atoms with van der Waals surface area (Å²) in [6.45, 7) is 0. The molecule has 1 amide bonds. The number of hydrogen-bond acceptors (Lipinski definition) is 3. The number of nitrogens with one attached hydrogen (secondary N) is 1. The third kappa shape index (κ3) is 1.60. The van der Waals surface area contributed by atoms with Crippen LogP contribution >= 0.6 is 0 Å². The molecule has 1 spiro atoms. The SMILES string of the molecule is CN1c2ccccc2C(=O)NC12CCC(O)CC2. The van der Waals surface area contributed by atoms with Gasteiger partial charge in [0.1, 0.15) is 5.66 Å². The molecular formula is C14H18N2O2. The molecule has 2 N–H and O–H groups in total. The first-order valence-electron chi connectivity index (χ1n) is 6.46. The van der Waals surface area contributed by atoms with E-state index in [1.54, 1.807) is 0 Å². The predicted octanol–water partition coefficient (Wildman–Crippen LogP) is 1.50. The maximum atomic E-state index is 12.2. The van der Waals surface area contributed by atoms with E-state index in [4.69, 9.17) is 0 Å². The van der Waals surface area contributed by atoms with Crippen LogP contribution in [-0.2, 0) is 0 Å². The minimum atomic E-state index is -0.315. The number of carbonyl (C=O) groups is 1. The molecule has 0 saturated heterocycles. The lowest BCUT2D eigenvalue weighted by atomic mass is 9.83. The highest BCUT2D eigenvalue weighted by atomic mass is 16.3. The number of nitrogens with zero attached hydrogens (tertiary/aromatic N) is 1. The van der Waals surface area contributed by atoms with E-state index < -0.39 is 0 Å². The second-order valence-electron chi connectivity index (χ2n) is 5.29. The molecule has 4 nitrogen and oxygen atoms in total. The summed E-state index contributed by atoms with van der Waals surface area (Å²) in [7, 11) is 2.02. The molecule has 1 aliphatic heterocycles. The number of aliphatic hydroxyl groups is 1. The number of anilines is 1. The Labute approximate surface area is 107 Å². The molecule has 18 heavy (non-hydrogen) atoms. The van der Waals surface area contributed by atoms with Crippen LogP contribution in [0.4, 0.5) is 5.69 Å². The normalized spacial score (nSPS) is 31.1. The number of aliphatic hydroxyl groups excluding tert-OH is 1. The second kappa shape index (κ2) is 3.99. The lowest BCUT2D eigenvalue weighted by molar-refractivity contribution is 0.0657. The molecule has 1 saturated carbocycles. The largest absolute Gasteiger partial charge is 0.393 e. The molecule has 4 heteroatoms. The van der Waals surface area contributed by atoms with Crippen molar-refractivity contribution in [1.29, 1.82) is 0 Å². The Bertz CT molecular complexity index is 478. The van der Waals surface area contributed by atoms with Gasteiger partial charge in [-0.3, -0.25) is 4.79 Å². The monoisotopic (exact) mass is 246 g/mol. The molecule has 1 fully saturated rings. The summed E-state index contributed by atoms with van der Waals surface area (Å²) in [5, 5.41) is 12.8. The fraction of sp³-hybridized carbons (Fsp3) is 0.500. The summed E-state index contributed by atoms with van der Waals surface area (Å²) < 4.78 is 0. The second-order valence-corrected chi connectivity index (χ2v) is 5.29. The van der Waals surface area contributed by atoms with Crippen LogP contribution < -0.4 is 10.2 Å². The van der Waals surface area contributed by atoms with Crippen molar-refractivity contribution in [2.45, 2.75) is 37.5 Å². The van der Waals surface area contributed by atoms with E-state index in [0.29, 0.717) is 0 Å². The smallest absolute Gasteiger partial charge is 0.255 e. The van der Waals surface area contributed by atoms with Gasteiger partial charge in [0.25, 0.3) is 5.91 Å². The van der Waals surface area contributed by atoms with Gasteiger partial charge in [0.05, 0.1) is 17.4 Å². The van der Waals surface area contributed by atoms with Gasteiger partial charge in [-0.2, -0.15) is 0 Å². The van der Waals surface area contributed by atoms with Crippen LogP contribution in [0.1, 0.15) is 36.0 Å². The lowest BCUT2D eigenvalue weighted by Crippen LogP contribution is -2.64. The number of carbonyl (C=O) groups excluding carboxylic acids is 1. The maximum Gasteiger partial charge on any atom is 0.255 e. The standard InChI is InChI=1S/C14H18N2O2/c1-16-12-5-3-2-4-11(12)13(18)15-14(16)8-6-10(17)7-9-14/h2-5,10,17H,6-9H2,1H3,(H,15,18). The molecule has 0 unspecified atom stereocenters. The fourth-order valence-electron chi connectivity index (χ4n) is 3.09. The summed E-state index contributed by atoms with van der Waals surface area (Å²) in [6.07, 6.45) is 2.85. The van der Waals surface area contributed by atoms with E-state index in [1.807, 2.05) is 31.3 Å². The minimum absolute atomic E-state index is 0.0000831. The van der Waals surface area contributed by atoms with Crippen LogP contribution in [0.2, 0.25) is 0 Å². The van der Waals surface area contributed by atoms with E-state index in [-0.39, 0.29) is 17.7 Å². The quantitative estimate of drug-likeness (QED) is 0.729. The zero-order valence-corrected chi connectivity index (χ0v) is 10.5. The van der Waals surface area contributed by atoms with Gasteiger partial charge in [0.2, 0.25) is 0 Å². The van der Waals surface area contributed by atoms with Gasteiger partial charge in [-0.1, -0.05) is 12.1 Å². The van der Waals surface area contributed by atoms with Gasteiger partial charge in [-0.25, -0.2) is 0 Å². The lowest BCUT2D eigenvalue weighted by Gasteiger charge is -2.50. The molecule has 0 aromatic heterocycles. The number of fused-ring (bicyclic) bond motifs is 1. The summed E-state index contributed by atoms with van der Waals surface area (Å²) in [6, 6.07) is 7.68. The molecule has 1 aromatic rings. The van der Waals surface area contributed by atoms with E-state index in [2.05, 4.69) is 10.2 Å². The predicted molar refractivity (Wildman–Crippen MR) is 69.5 cm³/mol. The number of benzene rings is 1. The number of rotatable bonds is 0. The third-order valence-corrected chi connectivity index (χ3v) is 4.28. The Hall–Kier alpha value is -1.55. The van der Waals surface area contributed by atoms with Gasteiger partial charge in [-0.05, 0) is 37.8 Å². The van der Waals surface area contributed by atoms with Crippen molar-refractivity contribution in [1.82, 2.24) is 5.32 Å². The highest BCUT2D eigenvalue weighted by molar-refractivity contribution is 6.02. The molecule has 2 aliphatic rings. The Balaban J connectivity index is 1.99. The molecule has 3 rings (SSSR count). The first kappa shape index (κ1) is 11.5. The molecular weight excluding hydrogens is 228 g/mol. The van der Waals surface area contributed by atoms with Crippen LogP contribution in [0.3, 0.4) is 0 Å². The fourth-order valence-corrected chi connectivity index (χ4v) is 3.09. The Morgan fingerprint density at radius 2 is 2.00 bits per heavy atom. The van der Waals surface area contributed by atoms with E-state index in [1.165, 1.54) is 0 Å². The number of hydrogen-bond donors (Lipinski definition) is 2. The minimum Gasteiger partial charge on any atom is -0.393 e. The first-order valence-corrected chi connectivity index (χ1v) is 6.46. The molecule has 1 heterocycles. The average molecular weight is 246 g/mol. The van der Waals surface area contributed by atoms with E-state index in [0.717, 1.165) is 36.9 Å². The van der Waals surface area contributed by atoms with Gasteiger partial charge in [0, 0.05) is 7.05 Å². The van der Waals surface area contributed by atoms with Crippen LogP contribution in [0.25, 0.3) is 0 Å². The molecule has 0 bridgehead atoms. The van der Waals surface area contributed by atoms with Crippen LogP contribution in [-0.4, -0.2) is 29.8 Å². The van der Waals surface area contributed by atoms with E-state index >= 15 is 0 Å². The summed E-state index contributed by atoms with van der Waals surface area (Å²) in [4.78, 5) is 14.3. The van der Waals surface area contributed by atoms with Crippen LogP contribution in [0, 0.1) is 0 Å².